The van der Waals surface area contributed by atoms with Crippen LogP contribution < -0.4 is 4.90 Å². The lowest BCUT2D eigenvalue weighted by Crippen LogP contribution is -2.37. The Morgan fingerprint density at radius 1 is 1.25 bits per heavy atom. The Hall–Kier alpha value is -0.850. The Bertz CT molecular complexity index is 645. The fourth-order valence-corrected chi connectivity index (χ4v) is 5.63. The summed E-state index contributed by atoms with van der Waals surface area (Å²) in [6.07, 6.45) is 0. The SMILES string of the molecule is CCN1C(=S)N(c2ccc(Cl)cc2)[C@@H]2CS(=O)(=O)C[C@H]21. The predicted octanol–water partition coefficient (Wildman–Crippen LogP) is 1.93. The fraction of sp³-hybridized carbons (Fsp3) is 0.462. The Kier molecular flexibility index (Phi) is 3.43. The van der Waals surface area contributed by atoms with Crippen molar-refractivity contribution in [2.45, 2.75) is 19.0 Å². The zero-order valence-corrected chi connectivity index (χ0v) is 13.4. The summed E-state index contributed by atoms with van der Waals surface area (Å²) in [5, 5.41) is 1.36. The number of benzene rings is 1. The monoisotopic (exact) mass is 330 g/mol. The molecular formula is C13H15ClN2O2S2. The molecule has 1 aromatic rings. The minimum atomic E-state index is -2.99. The van der Waals surface area contributed by atoms with Gasteiger partial charge in [0.05, 0.1) is 23.6 Å². The second-order valence-electron chi connectivity index (χ2n) is 5.13. The third-order valence-electron chi connectivity index (χ3n) is 3.92. The fourth-order valence-electron chi connectivity index (χ4n) is 3.05. The summed E-state index contributed by atoms with van der Waals surface area (Å²) < 4.78 is 23.9. The molecule has 4 nitrogen and oxygen atoms in total. The van der Waals surface area contributed by atoms with Crippen molar-refractivity contribution in [2.24, 2.45) is 0 Å². The van der Waals surface area contributed by atoms with E-state index in [0.29, 0.717) is 10.1 Å². The summed E-state index contributed by atoms with van der Waals surface area (Å²) in [5.74, 6) is 0.354. The highest BCUT2D eigenvalue weighted by Crippen LogP contribution is 2.35. The van der Waals surface area contributed by atoms with E-state index >= 15 is 0 Å². The van der Waals surface area contributed by atoms with Crippen LogP contribution in [-0.2, 0) is 9.84 Å². The summed E-state index contributed by atoms with van der Waals surface area (Å²) in [7, 11) is -2.99. The lowest BCUT2D eigenvalue weighted by atomic mass is 10.1. The number of anilines is 1. The Balaban J connectivity index is 2.01. The largest absolute Gasteiger partial charge is 0.343 e. The topological polar surface area (TPSA) is 40.6 Å². The molecular weight excluding hydrogens is 316 g/mol. The number of hydrogen-bond acceptors (Lipinski definition) is 3. The van der Waals surface area contributed by atoms with Gasteiger partial charge in [-0.2, -0.15) is 0 Å². The quantitative estimate of drug-likeness (QED) is 0.775. The van der Waals surface area contributed by atoms with E-state index in [9.17, 15) is 8.42 Å². The van der Waals surface area contributed by atoms with E-state index in [-0.39, 0.29) is 23.6 Å². The van der Waals surface area contributed by atoms with Crippen molar-refractivity contribution in [1.29, 1.82) is 0 Å². The third-order valence-corrected chi connectivity index (χ3v) is 6.30. The zero-order valence-electron chi connectivity index (χ0n) is 11.0. The molecule has 2 aliphatic heterocycles. The number of likely N-dealkylation sites (N-methyl/N-ethyl adjacent to an activating group) is 1. The van der Waals surface area contributed by atoms with E-state index in [1.807, 2.05) is 28.9 Å². The maximum absolute atomic E-state index is 11.9. The lowest BCUT2D eigenvalue weighted by Gasteiger charge is -2.24. The first kappa shape index (κ1) is 14.1. The molecule has 0 amide bonds. The highest BCUT2D eigenvalue weighted by molar-refractivity contribution is 7.91. The van der Waals surface area contributed by atoms with Crippen molar-refractivity contribution in [2.75, 3.05) is 23.0 Å². The van der Waals surface area contributed by atoms with Crippen LogP contribution in [0, 0.1) is 0 Å². The molecule has 0 radical (unpaired) electrons. The van der Waals surface area contributed by atoms with Gasteiger partial charge >= 0.3 is 0 Å². The number of nitrogens with zero attached hydrogens (tertiary/aromatic N) is 2. The van der Waals surface area contributed by atoms with Crippen LogP contribution >= 0.6 is 23.8 Å². The Morgan fingerprint density at radius 2 is 1.85 bits per heavy atom. The van der Waals surface area contributed by atoms with Gasteiger partial charge in [-0.3, -0.25) is 0 Å². The van der Waals surface area contributed by atoms with Gasteiger partial charge in [0.15, 0.2) is 14.9 Å². The minimum absolute atomic E-state index is 0.0341. The van der Waals surface area contributed by atoms with Gasteiger partial charge in [-0.1, -0.05) is 11.6 Å². The van der Waals surface area contributed by atoms with E-state index < -0.39 is 9.84 Å². The van der Waals surface area contributed by atoms with Crippen LogP contribution in [0.15, 0.2) is 24.3 Å². The molecule has 2 aliphatic rings. The molecule has 2 saturated heterocycles. The van der Waals surface area contributed by atoms with Gasteiger partial charge in [0, 0.05) is 17.3 Å². The van der Waals surface area contributed by atoms with Gasteiger partial charge in [0.2, 0.25) is 0 Å². The molecule has 0 unspecified atom stereocenters. The number of hydrogen-bond donors (Lipinski definition) is 0. The lowest BCUT2D eigenvalue weighted by molar-refractivity contribution is 0.373. The summed E-state index contributed by atoms with van der Waals surface area (Å²) in [5.41, 5.74) is 0.905. The van der Waals surface area contributed by atoms with Gasteiger partial charge in [0.25, 0.3) is 0 Å². The van der Waals surface area contributed by atoms with E-state index in [1.54, 1.807) is 12.1 Å². The van der Waals surface area contributed by atoms with E-state index in [0.717, 1.165) is 12.2 Å². The van der Waals surface area contributed by atoms with E-state index in [2.05, 4.69) is 0 Å². The molecule has 0 aromatic heterocycles. The zero-order chi connectivity index (χ0) is 14.5. The molecule has 20 heavy (non-hydrogen) atoms. The van der Waals surface area contributed by atoms with Gasteiger partial charge in [-0.05, 0) is 43.4 Å². The van der Waals surface area contributed by atoms with Crippen molar-refractivity contribution in [3.63, 3.8) is 0 Å². The van der Waals surface area contributed by atoms with Crippen LogP contribution in [-0.4, -0.2) is 48.6 Å². The van der Waals surface area contributed by atoms with Gasteiger partial charge in [0.1, 0.15) is 0 Å². The van der Waals surface area contributed by atoms with Gasteiger partial charge in [-0.15, -0.1) is 0 Å². The maximum atomic E-state index is 11.9. The molecule has 2 heterocycles. The van der Waals surface area contributed by atoms with Crippen LogP contribution in [0.25, 0.3) is 0 Å². The first-order valence-corrected chi connectivity index (χ1v) is 9.09. The molecule has 2 atom stereocenters. The van der Waals surface area contributed by atoms with Crippen molar-refractivity contribution >= 4 is 44.5 Å². The highest BCUT2D eigenvalue weighted by Gasteiger charge is 2.51. The van der Waals surface area contributed by atoms with Crippen LogP contribution in [0.2, 0.25) is 5.02 Å². The van der Waals surface area contributed by atoms with Crippen molar-refractivity contribution in [1.82, 2.24) is 4.90 Å². The molecule has 0 N–H and O–H groups in total. The maximum Gasteiger partial charge on any atom is 0.176 e. The highest BCUT2D eigenvalue weighted by atomic mass is 35.5. The van der Waals surface area contributed by atoms with E-state index in [4.69, 9.17) is 23.8 Å². The molecule has 1 aromatic carbocycles. The standard InChI is InChI=1S/C13H15ClN2O2S2/c1-2-15-11-7-20(17,18)8-12(11)16(13(15)19)10-5-3-9(14)4-6-10/h3-6,11-12H,2,7-8H2,1H3/t11-,12-/m1/s1. The van der Waals surface area contributed by atoms with E-state index in [1.165, 1.54) is 0 Å². The molecule has 0 bridgehead atoms. The molecule has 2 fully saturated rings. The van der Waals surface area contributed by atoms with Crippen LogP contribution in [0.3, 0.4) is 0 Å². The number of rotatable bonds is 2. The van der Waals surface area contributed by atoms with Crippen LogP contribution in [0.1, 0.15) is 6.92 Å². The average molecular weight is 331 g/mol. The second kappa shape index (κ2) is 4.86. The molecule has 0 aliphatic carbocycles. The summed E-state index contributed by atoms with van der Waals surface area (Å²) in [6.45, 7) is 2.72. The minimum Gasteiger partial charge on any atom is -0.343 e. The summed E-state index contributed by atoms with van der Waals surface area (Å²) >= 11 is 11.4. The Morgan fingerprint density at radius 3 is 2.45 bits per heavy atom. The smallest absolute Gasteiger partial charge is 0.176 e. The first-order chi connectivity index (χ1) is 9.43. The molecule has 7 heteroatoms. The van der Waals surface area contributed by atoms with Crippen molar-refractivity contribution in [3.05, 3.63) is 29.3 Å². The van der Waals surface area contributed by atoms with Crippen LogP contribution in [0.4, 0.5) is 5.69 Å². The number of sulfone groups is 1. The molecule has 108 valence electrons. The van der Waals surface area contributed by atoms with Crippen LogP contribution in [0.5, 0.6) is 0 Å². The van der Waals surface area contributed by atoms with Crippen molar-refractivity contribution in [3.8, 4) is 0 Å². The first-order valence-electron chi connectivity index (χ1n) is 6.49. The van der Waals surface area contributed by atoms with Gasteiger partial charge < -0.3 is 9.80 Å². The summed E-state index contributed by atoms with van der Waals surface area (Å²) in [4.78, 5) is 3.98. The second-order valence-corrected chi connectivity index (χ2v) is 8.08. The average Bonchev–Trinajstić information content (AvgIpc) is 2.80. The molecule has 0 spiro atoms. The van der Waals surface area contributed by atoms with Crippen molar-refractivity contribution < 1.29 is 8.42 Å². The number of halogens is 1. The number of fused-ring (bicyclic) bond motifs is 1. The predicted molar refractivity (Wildman–Crippen MR) is 85.1 cm³/mol. The normalized spacial score (nSPS) is 28.0. The third kappa shape index (κ3) is 2.19. The summed E-state index contributed by atoms with van der Waals surface area (Å²) in [6, 6.07) is 7.24. The Labute approximate surface area is 129 Å². The molecule has 0 saturated carbocycles. The number of thiocarbonyl (C=S) groups is 1. The van der Waals surface area contributed by atoms with Gasteiger partial charge in [-0.25, -0.2) is 8.42 Å². The molecule has 3 rings (SSSR count).